The van der Waals surface area contributed by atoms with E-state index in [4.69, 9.17) is 4.74 Å². The van der Waals surface area contributed by atoms with Crippen molar-refractivity contribution in [2.75, 3.05) is 6.61 Å². The van der Waals surface area contributed by atoms with Gasteiger partial charge >= 0.3 is 18.2 Å². The van der Waals surface area contributed by atoms with Gasteiger partial charge in [0.2, 0.25) is 0 Å². The summed E-state index contributed by atoms with van der Waals surface area (Å²) in [6.45, 7) is -0.356. The van der Waals surface area contributed by atoms with Crippen molar-refractivity contribution < 1.29 is 37.0 Å². The van der Waals surface area contributed by atoms with Crippen LogP contribution in [0.1, 0.15) is 62.0 Å². The zero-order valence-electron chi connectivity index (χ0n) is 22.1. The third-order valence-electron chi connectivity index (χ3n) is 8.86. The van der Waals surface area contributed by atoms with Gasteiger partial charge in [0.15, 0.2) is 0 Å². The first-order chi connectivity index (χ1) is 19.1. The monoisotopic (exact) mass is 562 g/mol. The molecule has 1 heterocycles. The number of likely N-dealkylation sites (tertiary alicyclic amines) is 1. The van der Waals surface area contributed by atoms with E-state index in [0.717, 1.165) is 23.3 Å². The summed E-state index contributed by atoms with van der Waals surface area (Å²) < 4.78 is 61.6. The van der Waals surface area contributed by atoms with Gasteiger partial charge < -0.3 is 14.7 Å². The molecule has 1 N–H and O–H groups in total. The Morgan fingerprint density at radius 3 is 2.35 bits per heavy atom. The van der Waals surface area contributed by atoms with Gasteiger partial charge in [-0.2, -0.15) is 13.2 Å². The molecular formula is C30H34F4N2O4. The van der Waals surface area contributed by atoms with Crippen LogP contribution in [0.25, 0.3) is 0 Å². The van der Waals surface area contributed by atoms with E-state index < -0.39 is 42.2 Å². The average molecular weight is 563 g/mol. The van der Waals surface area contributed by atoms with Crippen LogP contribution in [0.15, 0.2) is 54.6 Å². The molecule has 5 rings (SSSR count). The van der Waals surface area contributed by atoms with Crippen molar-refractivity contribution >= 4 is 12.0 Å². The Balaban J connectivity index is 1.36. The van der Waals surface area contributed by atoms with E-state index in [-0.39, 0.29) is 31.0 Å². The Bertz CT molecular complexity index is 1190. The van der Waals surface area contributed by atoms with Crippen LogP contribution in [0.3, 0.4) is 0 Å². The standard InChI is InChI=1S/C30H34F4N2O4/c31-22-9-4-8-21(16-22)20-12-14-23(15-13-20)40-18-26-27(24-10-5-11-25(24)36(26)29(38)39)35(28(37)30(32,33)34)17-19-6-2-1-3-7-19/h1-4,6-9,16,20,23-27H,5,10-15,17-18H2,(H,38,39)/t20?,23?,24-,25+,26-,27-/m0/s1. The molecule has 40 heavy (non-hydrogen) atoms. The number of amides is 2. The summed E-state index contributed by atoms with van der Waals surface area (Å²) in [7, 11) is 0. The molecule has 6 nitrogen and oxygen atoms in total. The van der Waals surface area contributed by atoms with Crippen LogP contribution in [0.5, 0.6) is 0 Å². The molecule has 3 aliphatic rings. The summed E-state index contributed by atoms with van der Waals surface area (Å²) in [6, 6.07) is 12.7. The van der Waals surface area contributed by atoms with Gasteiger partial charge in [-0.25, -0.2) is 9.18 Å². The number of benzene rings is 2. The molecule has 2 aliphatic carbocycles. The van der Waals surface area contributed by atoms with Crippen molar-refractivity contribution in [1.29, 1.82) is 0 Å². The molecule has 0 aromatic heterocycles. The Kier molecular flexibility index (Phi) is 8.35. The lowest BCUT2D eigenvalue weighted by atomic mass is 9.82. The predicted octanol–water partition coefficient (Wildman–Crippen LogP) is 6.36. The van der Waals surface area contributed by atoms with Gasteiger partial charge in [-0.15, -0.1) is 0 Å². The van der Waals surface area contributed by atoms with E-state index in [1.165, 1.54) is 17.0 Å². The molecule has 0 radical (unpaired) electrons. The molecule has 2 saturated carbocycles. The number of halogens is 4. The van der Waals surface area contributed by atoms with Crippen LogP contribution >= 0.6 is 0 Å². The van der Waals surface area contributed by atoms with Crippen molar-refractivity contribution in [3.05, 3.63) is 71.5 Å². The molecule has 2 aromatic rings. The summed E-state index contributed by atoms with van der Waals surface area (Å²) in [5, 5.41) is 10.2. The number of hydrogen-bond donors (Lipinski definition) is 1. The molecule has 216 valence electrons. The molecule has 10 heteroatoms. The summed E-state index contributed by atoms with van der Waals surface area (Å²) in [5.74, 6) is -2.45. The van der Waals surface area contributed by atoms with Crippen LogP contribution in [0.2, 0.25) is 0 Å². The van der Waals surface area contributed by atoms with Gasteiger partial charge in [0.25, 0.3) is 0 Å². The first-order valence-corrected chi connectivity index (χ1v) is 13.9. The van der Waals surface area contributed by atoms with E-state index in [1.54, 1.807) is 36.4 Å². The number of hydrogen-bond acceptors (Lipinski definition) is 3. The highest BCUT2D eigenvalue weighted by molar-refractivity contribution is 5.82. The minimum atomic E-state index is -5.10. The second-order valence-electron chi connectivity index (χ2n) is 11.2. The third kappa shape index (κ3) is 5.96. The molecule has 0 unspecified atom stereocenters. The predicted molar refractivity (Wildman–Crippen MR) is 139 cm³/mol. The molecule has 4 atom stereocenters. The first kappa shape index (κ1) is 28.4. The second-order valence-corrected chi connectivity index (χ2v) is 11.2. The average Bonchev–Trinajstić information content (AvgIpc) is 3.51. The highest BCUT2D eigenvalue weighted by Gasteiger charge is 2.58. The number of alkyl halides is 3. The number of carboxylic acid groups (broad SMARTS) is 1. The van der Waals surface area contributed by atoms with E-state index in [0.29, 0.717) is 37.7 Å². The van der Waals surface area contributed by atoms with E-state index >= 15 is 0 Å². The second kappa shape index (κ2) is 11.8. The maximum atomic E-state index is 13.9. The molecule has 2 amide bonds. The van der Waals surface area contributed by atoms with Gasteiger partial charge in [-0.1, -0.05) is 48.9 Å². The Hall–Kier alpha value is -3.14. The van der Waals surface area contributed by atoms with Crippen molar-refractivity contribution in [2.24, 2.45) is 5.92 Å². The van der Waals surface area contributed by atoms with Crippen LogP contribution in [-0.4, -0.2) is 63.9 Å². The first-order valence-electron chi connectivity index (χ1n) is 13.9. The number of carbonyl (C=O) groups excluding carboxylic acids is 1. The van der Waals surface area contributed by atoms with Gasteiger partial charge in [0.05, 0.1) is 24.8 Å². The number of nitrogens with zero attached hydrogens (tertiary/aromatic N) is 2. The summed E-state index contributed by atoms with van der Waals surface area (Å²) in [5.41, 5.74) is 1.47. The maximum Gasteiger partial charge on any atom is 0.471 e. The zero-order chi connectivity index (χ0) is 28.4. The lowest BCUT2D eigenvalue weighted by Gasteiger charge is -2.38. The lowest BCUT2D eigenvalue weighted by Crippen LogP contribution is -2.55. The molecule has 0 bridgehead atoms. The molecule has 2 aromatic carbocycles. The highest BCUT2D eigenvalue weighted by Crippen LogP contribution is 2.45. The number of carbonyl (C=O) groups is 2. The Morgan fingerprint density at radius 1 is 0.975 bits per heavy atom. The lowest BCUT2D eigenvalue weighted by molar-refractivity contribution is -0.190. The third-order valence-corrected chi connectivity index (χ3v) is 8.86. The zero-order valence-corrected chi connectivity index (χ0v) is 22.1. The van der Waals surface area contributed by atoms with E-state index in [9.17, 15) is 32.3 Å². The van der Waals surface area contributed by atoms with Crippen molar-refractivity contribution in [3.63, 3.8) is 0 Å². The van der Waals surface area contributed by atoms with E-state index in [1.807, 2.05) is 6.07 Å². The van der Waals surface area contributed by atoms with Gasteiger partial charge in [-0.3, -0.25) is 9.69 Å². The molecule has 1 saturated heterocycles. The summed E-state index contributed by atoms with van der Waals surface area (Å²) in [4.78, 5) is 27.4. The van der Waals surface area contributed by atoms with Crippen molar-refractivity contribution in [1.82, 2.24) is 9.80 Å². The summed E-state index contributed by atoms with van der Waals surface area (Å²) >= 11 is 0. The SMILES string of the molecule is O=C(O)N1[C@@H]2CCC[C@@H]2[C@H](N(Cc2ccccc2)C(=O)C(F)(F)F)[C@@H]1COC1CCC(c2cccc(F)c2)CC1. The largest absolute Gasteiger partial charge is 0.471 e. The molecular weight excluding hydrogens is 528 g/mol. The smallest absolute Gasteiger partial charge is 0.465 e. The Morgan fingerprint density at radius 2 is 1.70 bits per heavy atom. The van der Waals surface area contributed by atoms with Crippen molar-refractivity contribution in [3.8, 4) is 0 Å². The fraction of sp³-hybridized carbons (Fsp3) is 0.533. The van der Waals surface area contributed by atoms with Crippen molar-refractivity contribution in [2.45, 2.75) is 87.8 Å². The minimum Gasteiger partial charge on any atom is -0.465 e. The van der Waals surface area contributed by atoms with Crippen LogP contribution in [0.4, 0.5) is 22.4 Å². The van der Waals surface area contributed by atoms with Gasteiger partial charge in [0.1, 0.15) is 5.82 Å². The topological polar surface area (TPSA) is 70.1 Å². The number of ether oxygens (including phenoxy) is 1. The highest BCUT2D eigenvalue weighted by atomic mass is 19.4. The molecule has 0 spiro atoms. The van der Waals surface area contributed by atoms with Crippen LogP contribution in [0, 0.1) is 11.7 Å². The minimum absolute atomic E-state index is 0.0876. The fourth-order valence-electron chi connectivity index (χ4n) is 7.12. The van der Waals surface area contributed by atoms with Gasteiger partial charge in [0, 0.05) is 18.5 Å². The molecule has 1 aliphatic heterocycles. The normalized spacial score (nSPS) is 28.4. The van der Waals surface area contributed by atoms with Gasteiger partial charge in [-0.05, 0) is 67.7 Å². The summed E-state index contributed by atoms with van der Waals surface area (Å²) in [6.07, 6.45) is -1.84. The Labute approximate surface area is 230 Å². The van der Waals surface area contributed by atoms with Crippen LogP contribution < -0.4 is 0 Å². The molecule has 3 fully saturated rings. The number of fused-ring (bicyclic) bond motifs is 1. The quantitative estimate of drug-likeness (QED) is 0.399. The van der Waals surface area contributed by atoms with Crippen LogP contribution in [-0.2, 0) is 16.1 Å². The fourth-order valence-corrected chi connectivity index (χ4v) is 7.12. The number of rotatable bonds is 7. The maximum absolute atomic E-state index is 13.9. The van der Waals surface area contributed by atoms with E-state index in [2.05, 4.69) is 0 Å².